The van der Waals surface area contributed by atoms with Crippen molar-refractivity contribution in [3.63, 3.8) is 0 Å². The third-order valence-electron chi connectivity index (χ3n) is 3.86. The van der Waals surface area contributed by atoms with Crippen LogP contribution in [0, 0.1) is 12.3 Å². The summed E-state index contributed by atoms with van der Waals surface area (Å²) in [6, 6.07) is 8.46. The maximum absolute atomic E-state index is 12.0. The number of hydrogen-bond acceptors (Lipinski definition) is 3. The molecule has 1 aromatic rings. The number of terminal acetylenes is 1. The fourth-order valence-electron chi connectivity index (χ4n) is 2.57. The summed E-state index contributed by atoms with van der Waals surface area (Å²) in [7, 11) is 0. The van der Waals surface area contributed by atoms with E-state index in [0.29, 0.717) is 6.04 Å². The van der Waals surface area contributed by atoms with Gasteiger partial charge in [0.25, 0.3) is 0 Å². The average Bonchev–Trinajstić information content (AvgIpc) is 2.61. The number of hydrogen-bond donors (Lipinski definition) is 1. The first-order valence-corrected chi connectivity index (χ1v) is 9.14. The molecule has 1 N–H and O–H groups in total. The Hall–Kier alpha value is -1.99. The summed E-state index contributed by atoms with van der Waals surface area (Å²) in [6.45, 7) is 12.0. The Labute approximate surface area is 152 Å². The summed E-state index contributed by atoms with van der Waals surface area (Å²) in [4.78, 5) is 13.8. The number of piperidine rings is 1. The Morgan fingerprint density at radius 1 is 1.24 bits per heavy atom. The van der Waals surface area contributed by atoms with Gasteiger partial charge in [0, 0.05) is 31.2 Å². The van der Waals surface area contributed by atoms with Crippen LogP contribution in [0.1, 0.15) is 58.6 Å². The van der Waals surface area contributed by atoms with Gasteiger partial charge in [0.05, 0.1) is 0 Å². The lowest BCUT2D eigenvalue weighted by molar-refractivity contribution is 0.0198. The first-order chi connectivity index (χ1) is 11.9. The molecule has 0 bridgehead atoms. The number of likely N-dealkylation sites (tertiary alicyclic amines) is 1. The molecular formula is C21H32N2O2. The van der Waals surface area contributed by atoms with Crippen LogP contribution in [-0.2, 0) is 11.3 Å². The zero-order valence-electron chi connectivity index (χ0n) is 16.3. The Morgan fingerprint density at radius 3 is 2.28 bits per heavy atom. The van der Waals surface area contributed by atoms with E-state index in [2.05, 4.69) is 23.4 Å². The van der Waals surface area contributed by atoms with Crippen LogP contribution in [0.3, 0.4) is 0 Å². The summed E-state index contributed by atoms with van der Waals surface area (Å²) in [6.07, 6.45) is 7.04. The zero-order valence-corrected chi connectivity index (χ0v) is 16.3. The Morgan fingerprint density at radius 2 is 1.80 bits per heavy atom. The molecule has 0 radical (unpaired) electrons. The van der Waals surface area contributed by atoms with E-state index in [1.165, 1.54) is 5.56 Å². The van der Waals surface area contributed by atoms with Gasteiger partial charge in [0.15, 0.2) is 0 Å². The van der Waals surface area contributed by atoms with Crippen molar-refractivity contribution in [3.05, 3.63) is 35.4 Å². The minimum atomic E-state index is -0.434. The number of nitrogens with zero attached hydrogens (tertiary/aromatic N) is 1. The topological polar surface area (TPSA) is 41.6 Å². The van der Waals surface area contributed by atoms with Crippen molar-refractivity contribution in [2.75, 3.05) is 13.1 Å². The monoisotopic (exact) mass is 344 g/mol. The van der Waals surface area contributed by atoms with Crippen molar-refractivity contribution >= 4 is 6.09 Å². The highest BCUT2D eigenvalue weighted by Crippen LogP contribution is 2.16. The first-order valence-electron chi connectivity index (χ1n) is 9.14. The minimum Gasteiger partial charge on any atom is -0.444 e. The molecule has 1 saturated heterocycles. The molecular weight excluding hydrogens is 312 g/mol. The van der Waals surface area contributed by atoms with Crippen LogP contribution in [0.2, 0.25) is 0 Å². The van der Waals surface area contributed by atoms with Gasteiger partial charge in [-0.1, -0.05) is 31.9 Å². The fourth-order valence-corrected chi connectivity index (χ4v) is 2.57. The van der Waals surface area contributed by atoms with Gasteiger partial charge in [-0.3, -0.25) is 0 Å². The van der Waals surface area contributed by atoms with Crippen molar-refractivity contribution in [3.8, 4) is 12.3 Å². The molecule has 4 heteroatoms. The van der Waals surface area contributed by atoms with Gasteiger partial charge in [-0.25, -0.2) is 4.79 Å². The number of benzene rings is 1. The van der Waals surface area contributed by atoms with Crippen LogP contribution < -0.4 is 5.32 Å². The third kappa shape index (κ3) is 7.62. The molecule has 25 heavy (non-hydrogen) atoms. The average molecular weight is 344 g/mol. The van der Waals surface area contributed by atoms with E-state index in [0.717, 1.165) is 38.0 Å². The molecule has 0 aliphatic carbocycles. The van der Waals surface area contributed by atoms with E-state index in [4.69, 9.17) is 11.2 Å². The molecule has 1 fully saturated rings. The first kappa shape index (κ1) is 21.1. The van der Waals surface area contributed by atoms with Gasteiger partial charge in [-0.2, -0.15) is 0 Å². The number of ether oxygens (including phenoxy) is 1. The molecule has 0 spiro atoms. The highest BCUT2D eigenvalue weighted by Gasteiger charge is 2.26. The van der Waals surface area contributed by atoms with Gasteiger partial charge in [0.2, 0.25) is 0 Å². The standard InChI is InChI=1S/C19H26N2O2.C2H6/c1-5-15-6-8-16(9-7-15)14-20-17-10-12-21(13-11-17)18(22)23-19(2,3)4;1-2/h1,6-9,17,20H,10-14H2,2-4H3;1-2H3. The highest BCUT2D eigenvalue weighted by molar-refractivity contribution is 5.68. The Bertz CT molecular complexity index is 559. The van der Waals surface area contributed by atoms with E-state index in [1.54, 1.807) is 4.90 Å². The molecule has 1 aliphatic rings. The zero-order chi connectivity index (χ0) is 18.9. The molecule has 1 aliphatic heterocycles. The summed E-state index contributed by atoms with van der Waals surface area (Å²) in [5, 5.41) is 3.55. The van der Waals surface area contributed by atoms with E-state index in [1.807, 2.05) is 46.8 Å². The quantitative estimate of drug-likeness (QED) is 0.836. The maximum atomic E-state index is 12.0. The molecule has 1 heterocycles. The molecule has 0 unspecified atom stereocenters. The van der Waals surface area contributed by atoms with Gasteiger partial charge in [-0.05, 0) is 51.3 Å². The molecule has 1 amide bonds. The predicted octanol–water partition coefficient (Wildman–Crippen LogP) is 4.18. The number of rotatable bonds is 3. The van der Waals surface area contributed by atoms with Gasteiger partial charge in [0.1, 0.15) is 5.60 Å². The fraction of sp³-hybridized carbons (Fsp3) is 0.571. The number of carbonyl (C=O) groups excluding carboxylic acids is 1. The van der Waals surface area contributed by atoms with Crippen LogP contribution in [0.5, 0.6) is 0 Å². The third-order valence-corrected chi connectivity index (χ3v) is 3.86. The number of nitrogens with one attached hydrogen (secondary N) is 1. The van der Waals surface area contributed by atoms with Crippen LogP contribution in [-0.4, -0.2) is 35.7 Å². The van der Waals surface area contributed by atoms with E-state index >= 15 is 0 Å². The second-order valence-corrected chi connectivity index (χ2v) is 6.96. The predicted molar refractivity (Wildman–Crippen MR) is 103 cm³/mol. The van der Waals surface area contributed by atoms with Crippen LogP contribution >= 0.6 is 0 Å². The van der Waals surface area contributed by atoms with Crippen molar-refractivity contribution in [2.24, 2.45) is 0 Å². The molecule has 0 saturated carbocycles. The van der Waals surface area contributed by atoms with E-state index < -0.39 is 5.60 Å². The van der Waals surface area contributed by atoms with Gasteiger partial charge >= 0.3 is 6.09 Å². The molecule has 1 aromatic carbocycles. The lowest BCUT2D eigenvalue weighted by Crippen LogP contribution is -2.46. The van der Waals surface area contributed by atoms with Crippen molar-refractivity contribution in [2.45, 2.75) is 65.6 Å². The minimum absolute atomic E-state index is 0.208. The molecule has 0 aromatic heterocycles. The summed E-state index contributed by atoms with van der Waals surface area (Å²) >= 11 is 0. The number of carbonyl (C=O) groups is 1. The summed E-state index contributed by atoms with van der Waals surface area (Å²) in [5.74, 6) is 2.62. The molecule has 0 atom stereocenters. The second-order valence-electron chi connectivity index (χ2n) is 6.96. The highest BCUT2D eigenvalue weighted by atomic mass is 16.6. The second kappa shape index (κ2) is 10.1. The molecule has 2 rings (SSSR count). The lowest BCUT2D eigenvalue weighted by atomic mass is 10.0. The number of amides is 1. The van der Waals surface area contributed by atoms with Crippen LogP contribution in [0.4, 0.5) is 4.79 Å². The Kier molecular flexibility index (Phi) is 8.51. The normalized spacial score (nSPS) is 15.0. The van der Waals surface area contributed by atoms with E-state index in [-0.39, 0.29) is 6.09 Å². The van der Waals surface area contributed by atoms with Crippen molar-refractivity contribution in [1.29, 1.82) is 0 Å². The van der Waals surface area contributed by atoms with Gasteiger partial charge in [-0.15, -0.1) is 6.42 Å². The van der Waals surface area contributed by atoms with E-state index in [9.17, 15) is 4.79 Å². The maximum Gasteiger partial charge on any atom is 0.410 e. The lowest BCUT2D eigenvalue weighted by Gasteiger charge is -2.33. The van der Waals surface area contributed by atoms with Crippen molar-refractivity contribution < 1.29 is 9.53 Å². The summed E-state index contributed by atoms with van der Waals surface area (Å²) < 4.78 is 5.41. The van der Waals surface area contributed by atoms with Crippen LogP contribution in [0.15, 0.2) is 24.3 Å². The Balaban J connectivity index is 0.00000151. The molecule has 4 nitrogen and oxygen atoms in total. The van der Waals surface area contributed by atoms with Gasteiger partial charge < -0.3 is 15.0 Å². The van der Waals surface area contributed by atoms with Crippen molar-refractivity contribution in [1.82, 2.24) is 10.2 Å². The molecule has 138 valence electrons. The SMILES string of the molecule is C#Cc1ccc(CNC2CCN(C(=O)OC(C)(C)C)CC2)cc1.CC. The largest absolute Gasteiger partial charge is 0.444 e. The van der Waals surface area contributed by atoms with Crippen LogP contribution in [0.25, 0.3) is 0 Å². The summed E-state index contributed by atoms with van der Waals surface area (Å²) in [5.41, 5.74) is 1.69. The smallest absolute Gasteiger partial charge is 0.410 e.